The first-order valence-corrected chi connectivity index (χ1v) is 14.1. The van der Waals surface area contributed by atoms with Crippen molar-refractivity contribution in [2.75, 3.05) is 7.11 Å². The number of nitriles is 1. The van der Waals surface area contributed by atoms with Crippen molar-refractivity contribution in [2.45, 2.75) is 5.92 Å². The van der Waals surface area contributed by atoms with Crippen LogP contribution in [-0.2, 0) is 0 Å². The molecule has 0 amide bonds. The van der Waals surface area contributed by atoms with Crippen LogP contribution in [-0.4, -0.2) is 31.3 Å². The Bertz CT molecular complexity index is 2350. The van der Waals surface area contributed by atoms with Crippen LogP contribution in [0, 0.1) is 16.7 Å². The predicted octanol–water partition coefficient (Wildman–Crippen LogP) is 3.48. The summed E-state index contributed by atoms with van der Waals surface area (Å²) in [5, 5.41) is 30.9. The topological polar surface area (TPSA) is 130 Å². The molecule has 0 bridgehead atoms. The molecule has 1 aliphatic rings. The average molecular weight is 583 g/mol. The first kappa shape index (κ1) is 26.1. The van der Waals surface area contributed by atoms with Crippen molar-refractivity contribution in [1.82, 2.24) is 19.1 Å². The summed E-state index contributed by atoms with van der Waals surface area (Å²) in [5.74, 6) is 0.373. The lowest BCUT2D eigenvalue weighted by Gasteiger charge is -2.25. The highest BCUT2D eigenvalue weighted by atomic mass is 32.1. The van der Waals surface area contributed by atoms with E-state index < -0.39 is 5.92 Å². The van der Waals surface area contributed by atoms with Crippen LogP contribution in [0.2, 0.25) is 0 Å². The zero-order valence-corrected chi connectivity index (χ0v) is 23.5. The summed E-state index contributed by atoms with van der Waals surface area (Å²) in [6.45, 7) is 0. The largest absolute Gasteiger partial charge is 0.506 e. The molecule has 0 aliphatic carbocycles. The van der Waals surface area contributed by atoms with Crippen LogP contribution in [0.25, 0.3) is 34.1 Å². The minimum atomic E-state index is -0.647. The summed E-state index contributed by atoms with van der Waals surface area (Å²) in [6.07, 6.45) is 4.88. The van der Waals surface area contributed by atoms with Gasteiger partial charge in [-0.05, 0) is 53.6 Å². The second-order valence-electron chi connectivity index (χ2n) is 9.90. The number of thiazole rings is 1. The Balaban J connectivity index is 1.56. The van der Waals surface area contributed by atoms with Crippen LogP contribution in [0.3, 0.4) is 0 Å². The fourth-order valence-corrected chi connectivity index (χ4v) is 6.62. The molecule has 0 saturated heterocycles. The van der Waals surface area contributed by atoms with Crippen molar-refractivity contribution in [3.05, 3.63) is 133 Å². The number of methoxy groups -OCH3 is 1. The Kier molecular flexibility index (Phi) is 6.22. The molecule has 43 heavy (non-hydrogen) atoms. The number of nitrogens with zero attached hydrogens (tertiary/aromatic N) is 5. The van der Waals surface area contributed by atoms with Gasteiger partial charge in [0.1, 0.15) is 39.3 Å². The SMILES string of the molecule is COc1ccc(C2C(C#N)=c3s/c(=C/c4ccc(O)c5ncccc45)c(=O)n3-c3ncn(-c4ccccc4)c(=N)c32)cc1. The maximum atomic E-state index is 14.1. The molecule has 7 rings (SSSR count). The van der Waals surface area contributed by atoms with Crippen molar-refractivity contribution >= 4 is 33.9 Å². The van der Waals surface area contributed by atoms with E-state index in [-0.39, 0.29) is 16.8 Å². The zero-order valence-electron chi connectivity index (χ0n) is 22.7. The Hall–Kier alpha value is -5.79. The Morgan fingerprint density at radius 3 is 2.58 bits per heavy atom. The minimum Gasteiger partial charge on any atom is -0.506 e. The van der Waals surface area contributed by atoms with Gasteiger partial charge in [0.15, 0.2) is 0 Å². The van der Waals surface area contributed by atoms with E-state index in [4.69, 9.17) is 9.72 Å². The van der Waals surface area contributed by atoms with Gasteiger partial charge in [-0.2, -0.15) is 5.26 Å². The number of benzene rings is 3. The van der Waals surface area contributed by atoms with Crippen LogP contribution >= 0.6 is 11.3 Å². The smallest absolute Gasteiger partial charge is 0.274 e. The average Bonchev–Trinajstić information content (AvgIpc) is 3.37. The number of fused-ring (bicyclic) bond motifs is 4. The molecule has 0 fully saturated rings. The second-order valence-corrected chi connectivity index (χ2v) is 10.9. The van der Waals surface area contributed by atoms with E-state index in [1.165, 1.54) is 22.2 Å². The summed E-state index contributed by atoms with van der Waals surface area (Å²) in [4.78, 5) is 23.1. The van der Waals surface area contributed by atoms with Crippen molar-refractivity contribution in [3.63, 3.8) is 0 Å². The highest BCUT2D eigenvalue weighted by Gasteiger charge is 2.33. The summed E-state index contributed by atoms with van der Waals surface area (Å²) in [6, 6.07) is 26.0. The fourth-order valence-electron chi connectivity index (χ4n) is 5.52. The lowest BCUT2D eigenvalue weighted by molar-refractivity contribution is 0.414. The van der Waals surface area contributed by atoms with E-state index >= 15 is 0 Å². The van der Waals surface area contributed by atoms with Gasteiger partial charge in [-0.15, -0.1) is 11.3 Å². The summed E-state index contributed by atoms with van der Waals surface area (Å²) in [5.41, 5.74) is 3.20. The Morgan fingerprint density at radius 2 is 1.84 bits per heavy atom. The van der Waals surface area contributed by atoms with Gasteiger partial charge in [-0.25, -0.2) is 9.55 Å². The van der Waals surface area contributed by atoms with Gasteiger partial charge in [0.2, 0.25) is 0 Å². The van der Waals surface area contributed by atoms with Gasteiger partial charge in [0.25, 0.3) is 5.56 Å². The first-order valence-electron chi connectivity index (χ1n) is 13.3. The van der Waals surface area contributed by atoms with Gasteiger partial charge in [0, 0.05) is 17.3 Å². The molecule has 0 radical (unpaired) electrons. The van der Waals surface area contributed by atoms with Crippen molar-refractivity contribution in [1.29, 1.82) is 10.7 Å². The first-order chi connectivity index (χ1) is 21.0. The number of phenols is 1. The summed E-state index contributed by atoms with van der Waals surface area (Å²) < 4.78 is 9.29. The third-order valence-electron chi connectivity index (χ3n) is 7.55. The van der Waals surface area contributed by atoms with Crippen LogP contribution in [0.1, 0.15) is 22.6 Å². The highest BCUT2D eigenvalue weighted by molar-refractivity contribution is 7.07. The van der Waals surface area contributed by atoms with E-state index in [2.05, 4.69) is 11.1 Å². The second kappa shape index (κ2) is 10.2. The number of para-hydroxylation sites is 1. The van der Waals surface area contributed by atoms with Crippen LogP contribution < -0.4 is 25.0 Å². The van der Waals surface area contributed by atoms with E-state index in [1.54, 1.807) is 42.1 Å². The maximum Gasteiger partial charge on any atom is 0.274 e. The number of hydrogen-bond acceptors (Lipinski definition) is 8. The van der Waals surface area contributed by atoms with Crippen LogP contribution in [0.4, 0.5) is 0 Å². The molecule has 0 spiro atoms. The number of aromatic nitrogens is 4. The van der Waals surface area contributed by atoms with E-state index in [0.29, 0.717) is 48.4 Å². The molecule has 9 nitrogen and oxygen atoms in total. The number of ether oxygens (including phenoxy) is 1. The standard InChI is InChI=1S/C33H22N6O3S/c1-42-22-12-9-19(10-13-22)27-24(17-34)33-39(31-28(27)30(35)38(18-37-31)21-6-3-2-4-7-21)32(41)26(43-33)16-20-11-14-25(40)29-23(20)8-5-15-36-29/h2-16,18,27,35,40H,1H3/b26-16+,35-30?. The van der Waals surface area contributed by atoms with Gasteiger partial charge >= 0.3 is 0 Å². The van der Waals surface area contributed by atoms with E-state index in [9.17, 15) is 20.6 Å². The molecule has 3 aromatic carbocycles. The molecular formula is C33H22N6O3S. The number of aromatic hydroxyl groups is 1. The van der Waals surface area contributed by atoms with Gasteiger partial charge < -0.3 is 9.84 Å². The lowest BCUT2D eigenvalue weighted by atomic mass is 9.85. The molecule has 4 heterocycles. The Labute approximate surface area is 248 Å². The molecule has 1 unspecified atom stereocenters. The van der Waals surface area contributed by atoms with Crippen molar-refractivity contribution < 1.29 is 9.84 Å². The van der Waals surface area contributed by atoms with Crippen LogP contribution in [0.15, 0.2) is 96.2 Å². The lowest BCUT2D eigenvalue weighted by Crippen LogP contribution is -2.40. The maximum absolute atomic E-state index is 14.1. The molecule has 1 atom stereocenters. The molecule has 6 aromatic rings. The van der Waals surface area contributed by atoms with Crippen LogP contribution in [0.5, 0.6) is 11.5 Å². The molecule has 208 valence electrons. The fraction of sp³-hybridized carbons (Fsp3) is 0.0606. The van der Waals surface area contributed by atoms with E-state index in [1.807, 2.05) is 60.7 Å². The summed E-state index contributed by atoms with van der Waals surface area (Å²) >= 11 is 1.20. The monoisotopic (exact) mass is 582 g/mol. The number of phenolic OH excluding ortho intramolecular Hbond substituents is 1. The van der Waals surface area contributed by atoms with Crippen molar-refractivity contribution in [3.8, 4) is 29.1 Å². The third kappa shape index (κ3) is 4.14. The molecule has 3 aromatic heterocycles. The zero-order chi connectivity index (χ0) is 29.7. The predicted molar refractivity (Wildman–Crippen MR) is 163 cm³/mol. The molecule has 10 heteroatoms. The number of hydrogen-bond donors (Lipinski definition) is 2. The van der Waals surface area contributed by atoms with Gasteiger partial charge in [0.05, 0.1) is 34.8 Å². The molecule has 0 saturated carbocycles. The number of nitrogens with one attached hydrogen (secondary N) is 1. The third-order valence-corrected chi connectivity index (χ3v) is 8.66. The van der Waals surface area contributed by atoms with Gasteiger partial charge in [-0.3, -0.25) is 19.8 Å². The quantitative estimate of drug-likeness (QED) is 0.328. The van der Waals surface area contributed by atoms with E-state index in [0.717, 1.165) is 11.3 Å². The molecule has 2 N–H and O–H groups in total. The molecular weight excluding hydrogens is 560 g/mol. The normalized spacial score (nSPS) is 14.3. The number of pyridine rings is 1. The summed E-state index contributed by atoms with van der Waals surface area (Å²) in [7, 11) is 1.59. The Morgan fingerprint density at radius 1 is 1.05 bits per heavy atom. The number of rotatable bonds is 4. The van der Waals surface area contributed by atoms with Gasteiger partial charge in [-0.1, -0.05) is 42.5 Å². The molecule has 1 aliphatic heterocycles. The highest BCUT2D eigenvalue weighted by Crippen LogP contribution is 2.36. The minimum absolute atomic E-state index is 0.0465. The van der Waals surface area contributed by atoms with Crippen molar-refractivity contribution in [2.24, 2.45) is 0 Å².